The molecule has 2 nitrogen and oxygen atoms in total. The maximum Gasteiger partial charge on any atom is 0.244 e. The van der Waals surface area contributed by atoms with Gasteiger partial charge in [0.1, 0.15) is 0 Å². The number of hydrogen-bond donors (Lipinski definition) is 1. The van der Waals surface area contributed by atoms with Crippen LogP contribution in [0.4, 0.5) is 0 Å². The van der Waals surface area contributed by atoms with E-state index >= 15 is 0 Å². The van der Waals surface area contributed by atoms with Gasteiger partial charge in [-0.1, -0.05) is 24.3 Å². The van der Waals surface area contributed by atoms with Crippen molar-refractivity contribution in [2.45, 2.75) is 13.0 Å². The molecule has 1 aromatic rings. The van der Waals surface area contributed by atoms with Gasteiger partial charge in [-0.3, -0.25) is 4.79 Å². The van der Waals surface area contributed by atoms with Crippen molar-refractivity contribution in [3.8, 4) is 0 Å². The molecule has 1 heterocycles. The zero-order chi connectivity index (χ0) is 9.26. The fourth-order valence-electron chi connectivity index (χ4n) is 1.56. The molecule has 0 unspecified atom stereocenters. The highest BCUT2D eigenvalue weighted by Gasteiger charge is 2.13. The van der Waals surface area contributed by atoms with Crippen LogP contribution >= 0.6 is 0 Å². The van der Waals surface area contributed by atoms with E-state index in [4.69, 9.17) is 0 Å². The zero-order valence-electron chi connectivity index (χ0n) is 7.45. The molecule has 66 valence electrons. The number of amides is 1. The van der Waals surface area contributed by atoms with E-state index in [1.54, 1.807) is 6.08 Å². The molecule has 1 atom stereocenters. The first kappa shape index (κ1) is 8.05. The van der Waals surface area contributed by atoms with Crippen LogP contribution in [-0.2, 0) is 4.79 Å². The van der Waals surface area contributed by atoms with E-state index in [9.17, 15) is 4.79 Å². The quantitative estimate of drug-likeness (QED) is 0.637. The maximum absolute atomic E-state index is 11.2. The van der Waals surface area contributed by atoms with Crippen molar-refractivity contribution in [2.75, 3.05) is 0 Å². The highest BCUT2D eigenvalue weighted by molar-refractivity contribution is 5.93. The smallest absolute Gasteiger partial charge is 0.244 e. The Labute approximate surface area is 77.3 Å². The van der Waals surface area contributed by atoms with Crippen molar-refractivity contribution in [1.29, 1.82) is 0 Å². The van der Waals surface area contributed by atoms with Crippen molar-refractivity contribution in [3.63, 3.8) is 0 Å². The van der Waals surface area contributed by atoms with Gasteiger partial charge < -0.3 is 5.32 Å². The van der Waals surface area contributed by atoms with Gasteiger partial charge in [-0.05, 0) is 24.1 Å². The molecule has 1 N–H and O–H groups in total. The number of rotatable bonds is 0. The Kier molecular flexibility index (Phi) is 1.89. The molecule has 2 rings (SSSR count). The molecule has 2 heteroatoms. The average molecular weight is 173 g/mol. The number of carbonyl (C=O) groups excluding carboxylic acids is 1. The minimum atomic E-state index is -0.0244. The summed E-state index contributed by atoms with van der Waals surface area (Å²) in [5.41, 5.74) is 2.29. The number of carbonyl (C=O) groups is 1. The third-order valence-electron chi connectivity index (χ3n) is 2.24. The fourth-order valence-corrected chi connectivity index (χ4v) is 1.56. The molecule has 1 aliphatic heterocycles. The molecular formula is C11H11NO. The Bertz CT molecular complexity index is 368. The molecule has 0 radical (unpaired) electrons. The fraction of sp³-hybridized carbons (Fsp3) is 0.182. The minimum absolute atomic E-state index is 0.0244. The number of hydrogen-bond acceptors (Lipinski definition) is 1. The molecule has 0 spiro atoms. The number of fused-ring (bicyclic) bond motifs is 1. The van der Waals surface area contributed by atoms with Crippen LogP contribution in [-0.4, -0.2) is 5.91 Å². The van der Waals surface area contributed by atoms with E-state index in [1.165, 1.54) is 5.56 Å². The first-order chi connectivity index (χ1) is 6.27. The molecule has 0 bridgehead atoms. The van der Waals surface area contributed by atoms with Crippen LogP contribution in [0.15, 0.2) is 30.3 Å². The first-order valence-corrected chi connectivity index (χ1v) is 4.35. The molecule has 1 aromatic carbocycles. The lowest BCUT2D eigenvalue weighted by atomic mass is 10.0. The Morgan fingerprint density at radius 2 is 2.00 bits per heavy atom. The van der Waals surface area contributed by atoms with Gasteiger partial charge in [0.25, 0.3) is 0 Å². The predicted octanol–water partition coefficient (Wildman–Crippen LogP) is 1.89. The average Bonchev–Trinajstić information content (AvgIpc) is 2.27. The van der Waals surface area contributed by atoms with E-state index in [0.29, 0.717) is 0 Å². The number of nitrogens with one attached hydrogen (secondary N) is 1. The third-order valence-corrected chi connectivity index (χ3v) is 2.24. The van der Waals surface area contributed by atoms with Crippen LogP contribution in [0.5, 0.6) is 0 Å². The maximum atomic E-state index is 11.2. The SMILES string of the molecule is C[C@H]1NC(=O)C=Cc2ccccc21. The van der Waals surface area contributed by atoms with Gasteiger partial charge in [0.05, 0.1) is 6.04 Å². The Balaban J connectivity index is 2.51. The summed E-state index contributed by atoms with van der Waals surface area (Å²) < 4.78 is 0. The van der Waals surface area contributed by atoms with Gasteiger partial charge in [0, 0.05) is 6.08 Å². The molecular weight excluding hydrogens is 162 g/mol. The molecule has 0 fully saturated rings. The van der Waals surface area contributed by atoms with E-state index in [2.05, 4.69) is 5.32 Å². The molecule has 1 aliphatic rings. The van der Waals surface area contributed by atoms with E-state index < -0.39 is 0 Å². The van der Waals surface area contributed by atoms with Gasteiger partial charge >= 0.3 is 0 Å². The summed E-state index contributed by atoms with van der Waals surface area (Å²) in [5.74, 6) is -0.0244. The Morgan fingerprint density at radius 1 is 1.23 bits per heavy atom. The molecule has 0 aromatic heterocycles. The summed E-state index contributed by atoms with van der Waals surface area (Å²) in [6.45, 7) is 1.99. The van der Waals surface area contributed by atoms with Crippen LogP contribution in [0.2, 0.25) is 0 Å². The summed E-state index contributed by atoms with van der Waals surface area (Å²) in [6, 6.07) is 8.11. The highest BCUT2D eigenvalue weighted by atomic mass is 16.1. The van der Waals surface area contributed by atoms with Crippen molar-refractivity contribution in [3.05, 3.63) is 41.5 Å². The standard InChI is InChI=1S/C11H11NO/c1-8-10-5-3-2-4-9(10)6-7-11(13)12-8/h2-8H,1H3,(H,12,13)/t8-/m1/s1. The lowest BCUT2D eigenvalue weighted by Crippen LogP contribution is -2.23. The lowest BCUT2D eigenvalue weighted by molar-refractivity contribution is -0.117. The highest BCUT2D eigenvalue weighted by Crippen LogP contribution is 2.20. The molecule has 0 saturated carbocycles. The first-order valence-electron chi connectivity index (χ1n) is 4.35. The van der Waals surface area contributed by atoms with Crippen LogP contribution in [0.1, 0.15) is 24.1 Å². The van der Waals surface area contributed by atoms with Crippen LogP contribution < -0.4 is 5.32 Å². The van der Waals surface area contributed by atoms with Crippen LogP contribution in [0.3, 0.4) is 0 Å². The van der Waals surface area contributed by atoms with Crippen molar-refractivity contribution in [1.82, 2.24) is 5.32 Å². The minimum Gasteiger partial charge on any atom is -0.346 e. The second-order valence-corrected chi connectivity index (χ2v) is 3.19. The van der Waals surface area contributed by atoms with Crippen LogP contribution in [0.25, 0.3) is 6.08 Å². The Hall–Kier alpha value is -1.57. The van der Waals surface area contributed by atoms with Gasteiger partial charge in [-0.15, -0.1) is 0 Å². The van der Waals surface area contributed by atoms with Crippen LogP contribution in [0, 0.1) is 0 Å². The monoisotopic (exact) mass is 173 g/mol. The van der Waals surface area contributed by atoms with Gasteiger partial charge in [0.15, 0.2) is 0 Å². The largest absolute Gasteiger partial charge is 0.346 e. The summed E-state index contributed by atoms with van der Waals surface area (Å²) in [4.78, 5) is 11.2. The van der Waals surface area contributed by atoms with E-state index in [0.717, 1.165) is 5.56 Å². The van der Waals surface area contributed by atoms with Gasteiger partial charge in [0.2, 0.25) is 5.91 Å². The van der Waals surface area contributed by atoms with E-state index in [1.807, 2.05) is 37.3 Å². The molecule has 13 heavy (non-hydrogen) atoms. The normalized spacial score (nSPS) is 20.4. The van der Waals surface area contributed by atoms with E-state index in [-0.39, 0.29) is 11.9 Å². The Morgan fingerprint density at radius 3 is 2.85 bits per heavy atom. The molecule has 1 amide bonds. The topological polar surface area (TPSA) is 29.1 Å². The second-order valence-electron chi connectivity index (χ2n) is 3.19. The second kappa shape index (κ2) is 3.05. The zero-order valence-corrected chi connectivity index (χ0v) is 7.45. The summed E-state index contributed by atoms with van der Waals surface area (Å²) >= 11 is 0. The van der Waals surface area contributed by atoms with Gasteiger partial charge in [-0.25, -0.2) is 0 Å². The molecule has 0 aliphatic carbocycles. The lowest BCUT2D eigenvalue weighted by Gasteiger charge is -2.12. The predicted molar refractivity (Wildman–Crippen MR) is 52.0 cm³/mol. The summed E-state index contributed by atoms with van der Waals surface area (Å²) in [5, 5.41) is 2.87. The van der Waals surface area contributed by atoms with Crippen molar-refractivity contribution in [2.24, 2.45) is 0 Å². The van der Waals surface area contributed by atoms with Gasteiger partial charge in [-0.2, -0.15) is 0 Å². The number of benzene rings is 1. The third kappa shape index (κ3) is 1.47. The summed E-state index contributed by atoms with van der Waals surface area (Å²) in [6.07, 6.45) is 3.43. The van der Waals surface area contributed by atoms with Crippen molar-refractivity contribution >= 4 is 12.0 Å². The van der Waals surface area contributed by atoms with Crippen molar-refractivity contribution < 1.29 is 4.79 Å². The summed E-state index contributed by atoms with van der Waals surface area (Å²) in [7, 11) is 0. The molecule has 0 saturated heterocycles.